The lowest BCUT2D eigenvalue weighted by Crippen LogP contribution is -2.43. The Morgan fingerprint density at radius 2 is 2.00 bits per heavy atom. The van der Waals surface area contributed by atoms with Crippen LogP contribution in [0.3, 0.4) is 0 Å². The normalized spacial score (nSPS) is 18.8. The van der Waals surface area contributed by atoms with Gasteiger partial charge in [0.05, 0.1) is 0 Å². The van der Waals surface area contributed by atoms with E-state index in [0.717, 1.165) is 51.1 Å². The molecular formula is C15H22FNO. The van der Waals surface area contributed by atoms with Gasteiger partial charge in [0, 0.05) is 25.2 Å². The van der Waals surface area contributed by atoms with Gasteiger partial charge in [-0.25, -0.2) is 4.39 Å². The van der Waals surface area contributed by atoms with Crippen molar-refractivity contribution in [1.29, 1.82) is 0 Å². The van der Waals surface area contributed by atoms with Crippen LogP contribution in [0.25, 0.3) is 0 Å². The number of hydrogen-bond acceptors (Lipinski definition) is 2. The topological polar surface area (TPSA) is 21.3 Å². The fraction of sp³-hybridized carbons (Fsp3) is 0.600. The molecule has 0 aliphatic carbocycles. The van der Waals surface area contributed by atoms with Gasteiger partial charge in [0.2, 0.25) is 0 Å². The maximum Gasteiger partial charge on any atom is 0.127 e. The second kappa shape index (κ2) is 6.30. The molecule has 0 aromatic heterocycles. The van der Waals surface area contributed by atoms with Gasteiger partial charge < -0.3 is 10.1 Å². The first-order chi connectivity index (χ1) is 8.78. The van der Waals surface area contributed by atoms with E-state index >= 15 is 0 Å². The van der Waals surface area contributed by atoms with Gasteiger partial charge in [0.15, 0.2) is 0 Å². The maximum atomic E-state index is 14.1. The fourth-order valence-electron chi connectivity index (χ4n) is 2.70. The van der Waals surface area contributed by atoms with Gasteiger partial charge in [-0.2, -0.15) is 0 Å². The monoisotopic (exact) mass is 251 g/mol. The minimum absolute atomic E-state index is 0.0855. The smallest absolute Gasteiger partial charge is 0.127 e. The second-order valence-corrected chi connectivity index (χ2v) is 5.05. The summed E-state index contributed by atoms with van der Waals surface area (Å²) >= 11 is 0. The number of halogens is 1. The lowest BCUT2D eigenvalue weighted by Gasteiger charge is -2.38. The summed E-state index contributed by atoms with van der Waals surface area (Å²) in [6.45, 7) is 5.42. The molecule has 0 radical (unpaired) electrons. The molecule has 0 unspecified atom stereocenters. The van der Waals surface area contributed by atoms with Crippen LogP contribution in [0, 0.1) is 5.82 Å². The molecule has 100 valence electrons. The summed E-state index contributed by atoms with van der Waals surface area (Å²) in [6.07, 6.45) is 2.89. The molecule has 1 N–H and O–H groups in total. The van der Waals surface area contributed by atoms with Crippen LogP contribution in [0.4, 0.5) is 4.39 Å². The van der Waals surface area contributed by atoms with Crippen molar-refractivity contribution in [3.63, 3.8) is 0 Å². The number of benzene rings is 1. The van der Waals surface area contributed by atoms with Crippen LogP contribution in [0.1, 0.15) is 31.7 Å². The highest BCUT2D eigenvalue weighted by Crippen LogP contribution is 2.35. The molecule has 1 saturated heterocycles. The molecule has 0 atom stereocenters. The highest BCUT2D eigenvalue weighted by Gasteiger charge is 2.35. The molecule has 3 heteroatoms. The molecule has 1 aromatic carbocycles. The van der Waals surface area contributed by atoms with Crippen molar-refractivity contribution in [2.24, 2.45) is 0 Å². The number of nitrogens with one attached hydrogen (secondary N) is 1. The zero-order valence-electron chi connectivity index (χ0n) is 11.0. The van der Waals surface area contributed by atoms with Crippen molar-refractivity contribution in [3.8, 4) is 0 Å². The standard InChI is InChI=1S/C15H22FNO/c1-2-9-17-12-15(7-10-18-11-8-15)13-5-3-4-6-14(13)16/h3-6,17H,2,7-12H2,1H3. The van der Waals surface area contributed by atoms with Crippen molar-refractivity contribution in [2.45, 2.75) is 31.6 Å². The van der Waals surface area contributed by atoms with Gasteiger partial charge in [-0.15, -0.1) is 0 Å². The summed E-state index contributed by atoms with van der Waals surface area (Å²) in [4.78, 5) is 0. The highest BCUT2D eigenvalue weighted by molar-refractivity contribution is 5.28. The molecule has 2 nitrogen and oxygen atoms in total. The van der Waals surface area contributed by atoms with Gasteiger partial charge >= 0.3 is 0 Å². The van der Waals surface area contributed by atoms with E-state index in [4.69, 9.17) is 4.74 Å². The zero-order valence-corrected chi connectivity index (χ0v) is 11.0. The van der Waals surface area contributed by atoms with E-state index in [9.17, 15) is 4.39 Å². The van der Waals surface area contributed by atoms with Crippen LogP contribution < -0.4 is 5.32 Å². The summed E-state index contributed by atoms with van der Waals surface area (Å²) in [5, 5.41) is 3.45. The van der Waals surface area contributed by atoms with E-state index in [1.54, 1.807) is 12.1 Å². The van der Waals surface area contributed by atoms with E-state index in [-0.39, 0.29) is 11.2 Å². The van der Waals surface area contributed by atoms with Crippen LogP contribution >= 0.6 is 0 Å². The molecule has 1 heterocycles. The van der Waals surface area contributed by atoms with E-state index in [1.807, 2.05) is 12.1 Å². The predicted molar refractivity (Wildman–Crippen MR) is 71.3 cm³/mol. The van der Waals surface area contributed by atoms with Crippen LogP contribution in [0.5, 0.6) is 0 Å². The Hall–Kier alpha value is -0.930. The van der Waals surface area contributed by atoms with Crippen LogP contribution in [-0.4, -0.2) is 26.3 Å². The predicted octanol–water partition coefficient (Wildman–Crippen LogP) is 2.87. The van der Waals surface area contributed by atoms with E-state index in [0.29, 0.717) is 0 Å². The Bertz CT molecular complexity index is 375. The van der Waals surface area contributed by atoms with E-state index in [1.165, 1.54) is 0 Å². The van der Waals surface area contributed by atoms with Gasteiger partial charge in [-0.1, -0.05) is 25.1 Å². The molecule has 0 bridgehead atoms. The molecule has 1 fully saturated rings. The molecule has 2 rings (SSSR count). The van der Waals surface area contributed by atoms with Gasteiger partial charge in [0.1, 0.15) is 5.82 Å². The Balaban J connectivity index is 2.21. The second-order valence-electron chi connectivity index (χ2n) is 5.05. The molecule has 0 spiro atoms. The third-order valence-corrected chi connectivity index (χ3v) is 3.79. The molecule has 1 aliphatic heterocycles. The van der Waals surface area contributed by atoms with E-state index < -0.39 is 0 Å². The van der Waals surface area contributed by atoms with Crippen LogP contribution in [0.15, 0.2) is 24.3 Å². The summed E-state index contributed by atoms with van der Waals surface area (Å²) < 4.78 is 19.5. The quantitative estimate of drug-likeness (QED) is 0.812. The van der Waals surface area contributed by atoms with Crippen LogP contribution in [-0.2, 0) is 10.2 Å². The first-order valence-electron chi connectivity index (χ1n) is 6.82. The van der Waals surface area contributed by atoms with Crippen molar-refractivity contribution in [1.82, 2.24) is 5.32 Å². The van der Waals surface area contributed by atoms with Crippen molar-refractivity contribution >= 4 is 0 Å². The largest absolute Gasteiger partial charge is 0.381 e. The minimum Gasteiger partial charge on any atom is -0.381 e. The Morgan fingerprint density at radius 1 is 1.28 bits per heavy atom. The van der Waals surface area contributed by atoms with E-state index in [2.05, 4.69) is 12.2 Å². The molecule has 0 saturated carbocycles. The Kier molecular flexibility index (Phi) is 4.72. The molecule has 18 heavy (non-hydrogen) atoms. The zero-order chi connectivity index (χ0) is 12.8. The average Bonchev–Trinajstić information content (AvgIpc) is 2.40. The first-order valence-corrected chi connectivity index (χ1v) is 6.82. The molecule has 1 aliphatic rings. The van der Waals surface area contributed by atoms with Gasteiger partial charge in [0.25, 0.3) is 0 Å². The van der Waals surface area contributed by atoms with Crippen molar-refractivity contribution < 1.29 is 9.13 Å². The lowest BCUT2D eigenvalue weighted by molar-refractivity contribution is 0.0487. The molecular weight excluding hydrogens is 229 g/mol. The average molecular weight is 251 g/mol. The van der Waals surface area contributed by atoms with Crippen molar-refractivity contribution in [3.05, 3.63) is 35.6 Å². The number of ether oxygens (including phenoxy) is 1. The van der Waals surface area contributed by atoms with Crippen LogP contribution in [0.2, 0.25) is 0 Å². The summed E-state index contributed by atoms with van der Waals surface area (Å²) in [5.41, 5.74) is 0.746. The SMILES string of the molecule is CCCNCC1(c2ccccc2F)CCOCC1. The summed E-state index contributed by atoms with van der Waals surface area (Å²) in [5.74, 6) is -0.0855. The summed E-state index contributed by atoms with van der Waals surface area (Å²) in [6, 6.07) is 7.17. The molecule has 1 aromatic rings. The lowest BCUT2D eigenvalue weighted by atomic mass is 9.74. The Morgan fingerprint density at radius 3 is 2.67 bits per heavy atom. The first kappa shape index (κ1) is 13.5. The summed E-state index contributed by atoms with van der Waals surface area (Å²) in [7, 11) is 0. The van der Waals surface area contributed by atoms with Gasteiger partial charge in [-0.3, -0.25) is 0 Å². The molecule has 0 amide bonds. The number of rotatable bonds is 5. The van der Waals surface area contributed by atoms with Crippen molar-refractivity contribution in [2.75, 3.05) is 26.3 Å². The minimum atomic E-state index is -0.0984. The third-order valence-electron chi connectivity index (χ3n) is 3.79. The van der Waals surface area contributed by atoms with Gasteiger partial charge in [-0.05, 0) is 37.4 Å². The highest BCUT2D eigenvalue weighted by atomic mass is 19.1. The number of hydrogen-bond donors (Lipinski definition) is 1. The fourth-order valence-corrected chi connectivity index (χ4v) is 2.70. The Labute approximate surface area is 109 Å². The maximum absolute atomic E-state index is 14.1. The third kappa shape index (κ3) is 2.90.